The molecule has 3 aromatic rings. The van der Waals surface area contributed by atoms with Crippen LogP contribution < -0.4 is 10.0 Å². The van der Waals surface area contributed by atoms with Crippen molar-refractivity contribution in [2.45, 2.75) is 16.7 Å². The van der Waals surface area contributed by atoms with Gasteiger partial charge in [-0.3, -0.25) is 4.72 Å². The highest BCUT2D eigenvalue weighted by Gasteiger charge is 2.51. The molecule has 11 heteroatoms. The molecule has 2 aliphatic heterocycles. The predicted molar refractivity (Wildman–Crippen MR) is 119 cm³/mol. The van der Waals surface area contributed by atoms with Gasteiger partial charge in [-0.15, -0.1) is 0 Å². The molecule has 0 atom stereocenters. The number of aromatic nitrogens is 1. The molecule has 166 valence electrons. The molecule has 9 nitrogen and oxygen atoms in total. The molecule has 1 aromatic heterocycles. The van der Waals surface area contributed by atoms with Crippen molar-refractivity contribution < 1.29 is 16.8 Å². The first-order valence-corrected chi connectivity index (χ1v) is 12.9. The summed E-state index contributed by atoms with van der Waals surface area (Å²) in [6.07, 6.45) is 1.54. The summed E-state index contributed by atoms with van der Waals surface area (Å²) in [4.78, 5) is 2.97. The number of nitriles is 1. The van der Waals surface area contributed by atoms with Crippen LogP contribution in [0, 0.1) is 23.7 Å². The van der Waals surface area contributed by atoms with E-state index in [1.165, 1.54) is 34.8 Å². The first-order valence-electron chi connectivity index (χ1n) is 10.00. The summed E-state index contributed by atoms with van der Waals surface area (Å²) in [6, 6.07) is 10.7. The Kier molecular flexibility index (Phi) is 4.62. The molecule has 2 aliphatic rings. The van der Waals surface area contributed by atoms with Crippen LogP contribution in [0.3, 0.4) is 0 Å². The maximum atomic E-state index is 12.9. The number of rotatable bonds is 5. The van der Waals surface area contributed by atoms with Crippen molar-refractivity contribution in [1.29, 1.82) is 5.26 Å². The molecule has 2 saturated heterocycles. The van der Waals surface area contributed by atoms with E-state index < -0.39 is 20.0 Å². The first kappa shape index (κ1) is 21.0. The molecular formula is C21H21N5O4S2. The fourth-order valence-electron chi connectivity index (χ4n) is 4.31. The molecule has 0 saturated carbocycles. The Morgan fingerprint density at radius 3 is 2.28 bits per heavy atom. The zero-order valence-corrected chi connectivity index (χ0v) is 18.8. The Bertz CT molecular complexity index is 1470. The lowest BCUT2D eigenvalue weighted by atomic mass is 9.76. The number of aromatic amines is 1. The number of fused-ring (bicyclic) bond motifs is 1. The Hall–Kier alpha value is -2.91. The number of H-pyrrole nitrogens is 1. The van der Waals surface area contributed by atoms with Crippen molar-refractivity contribution in [3.8, 4) is 6.07 Å². The molecule has 3 heterocycles. The third-order valence-electron chi connectivity index (χ3n) is 6.20. The zero-order valence-electron chi connectivity index (χ0n) is 17.2. The second kappa shape index (κ2) is 7.05. The van der Waals surface area contributed by atoms with E-state index in [1.807, 2.05) is 6.92 Å². The Morgan fingerprint density at radius 1 is 1.03 bits per heavy atom. The van der Waals surface area contributed by atoms with Crippen LogP contribution in [0.15, 0.2) is 52.4 Å². The lowest BCUT2D eigenvalue weighted by Crippen LogP contribution is -2.71. The van der Waals surface area contributed by atoms with Gasteiger partial charge in [0.2, 0.25) is 10.0 Å². The van der Waals surface area contributed by atoms with E-state index in [9.17, 15) is 22.1 Å². The van der Waals surface area contributed by atoms with Crippen LogP contribution in [0.4, 0.5) is 5.69 Å². The van der Waals surface area contributed by atoms with Gasteiger partial charge in [-0.1, -0.05) is 6.07 Å². The fourth-order valence-corrected chi connectivity index (χ4v) is 7.05. The van der Waals surface area contributed by atoms with Crippen molar-refractivity contribution in [2.75, 3.05) is 30.9 Å². The summed E-state index contributed by atoms with van der Waals surface area (Å²) >= 11 is 0. The number of nitrogens with zero attached hydrogens (tertiary/aromatic N) is 2. The summed E-state index contributed by atoms with van der Waals surface area (Å²) < 4.78 is 55.5. The normalized spacial score (nSPS) is 18.1. The van der Waals surface area contributed by atoms with Gasteiger partial charge < -0.3 is 10.3 Å². The molecule has 1 spiro atoms. The summed E-state index contributed by atoms with van der Waals surface area (Å²) in [5.41, 5.74) is 2.16. The quantitative estimate of drug-likeness (QED) is 0.519. The van der Waals surface area contributed by atoms with E-state index in [1.54, 1.807) is 12.1 Å². The van der Waals surface area contributed by atoms with Crippen molar-refractivity contribution in [3.63, 3.8) is 0 Å². The van der Waals surface area contributed by atoms with E-state index in [4.69, 9.17) is 0 Å². The number of benzene rings is 2. The zero-order chi connectivity index (χ0) is 22.7. The second-order valence-electron chi connectivity index (χ2n) is 8.45. The molecule has 5 rings (SSSR count). The van der Waals surface area contributed by atoms with Crippen LogP contribution in [0.5, 0.6) is 0 Å². The minimum absolute atomic E-state index is 0.0551. The van der Waals surface area contributed by atoms with Gasteiger partial charge in [-0.2, -0.15) is 9.57 Å². The van der Waals surface area contributed by atoms with Crippen LogP contribution in [0.1, 0.15) is 11.1 Å². The SMILES string of the molecule is Cc1ccc(NS(=O)(=O)c2ccc(S(=O)(=O)N3CC4(CNC4)C3)cc2)c2[nH]cc(C#N)c12. The number of hydrogen-bond acceptors (Lipinski definition) is 6. The van der Waals surface area contributed by atoms with E-state index in [0.29, 0.717) is 35.2 Å². The average molecular weight is 472 g/mol. The number of aryl methyl sites for hydroxylation is 1. The van der Waals surface area contributed by atoms with E-state index in [2.05, 4.69) is 21.1 Å². The summed E-state index contributed by atoms with van der Waals surface area (Å²) in [5.74, 6) is 0. The van der Waals surface area contributed by atoms with Gasteiger partial charge in [0.25, 0.3) is 10.0 Å². The van der Waals surface area contributed by atoms with Gasteiger partial charge in [0.05, 0.1) is 26.6 Å². The largest absolute Gasteiger partial charge is 0.358 e. The van der Waals surface area contributed by atoms with Gasteiger partial charge in [0.15, 0.2) is 0 Å². The lowest BCUT2D eigenvalue weighted by molar-refractivity contribution is 0.0164. The lowest BCUT2D eigenvalue weighted by Gasteiger charge is -2.55. The Morgan fingerprint density at radius 2 is 1.69 bits per heavy atom. The number of anilines is 1. The molecule has 0 bridgehead atoms. The van der Waals surface area contributed by atoms with Gasteiger partial charge in [-0.25, -0.2) is 16.8 Å². The highest BCUT2D eigenvalue weighted by Crippen LogP contribution is 2.38. The third-order valence-corrected chi connectivity index (χ3v) is 9.39. The third kappa shape index (κ3) is 3.18. The maximum Gasteiger partial charge on any atom is 0.261 e. The number of hydrogen-bond donors (Lipinski definition) is 3. The smallest absolute Gasteiger partial charge is 0.261 e. The van der Waals surface area contributed by atoms with E-state index in [0.717, 1.165) is 18.7 Å². The molecule has 2 aromatic carbocycles. The average Bonchev–Trinajstić information content (AvgIpc) is 3.13. The Labute approximate surface area is 186 Å². The number of nitrogens with one attached hydrogen (secondary N) is 3. The standard InChI is InChI=1S/C21H21N5O4S2/c1-14-2-7-18(20-19(14)15(8-22)9-24-20)25-31(27,28)16-3-5-17(6-4-16)32(29,30)26-12-21(13-26)10-23-11-21/h2-7,9,23-25H,10-13H2,1H3. The molecule has 2 fully saturated rings. The number of sulfonamides is 2. The van der Waals surface area contributed by atoms with Gasteiger partial charge in [-0.05, 0) is 42.8 Å². The highest BCUT2D eigenvalue weighted by atomic mass is 32.2. The second-order valence-corrected chi connectivity index (χ2v) is 12.1. The highest BCUT2D eigenvalue weighted by molar-refractivity contribution is 7.92. The topological polar surface area (TPSA) is 135 Å². The van der Waals surface area contributed by atoms with E-state index in [-0.39, 0.29) is 15.2 Å². The molecule has 32 heavy (non-hydrogen) atoms. The van der Waals surface area contributed by atoms with Crippen molar-refractivity contribution in [3.05, 3.63) is 53.7 Å². The van der Waals surface area contributed by atoms with E-state index >= 15 is 0 Å². The predicted octanol–water partition coefficient (Wildman–Crippen LogP) is 1.74. The van der Waals surface area contributed by atoms with Crippen LogP contribution in [0.25, 0.3) is 10.9 Å². The van der Waals surface area contributed by atoms with Crippen LogP contribution in [0.2, 0.25) is 0 Å². The van der Waals surface area contributed by atoms with Crippen LogP contribution in [-0.2, 0) is 20.0 Å². The molecule has 3 N–H and O–H groups in total. The summed E-state index contributed by atoms with van der Waals surface area (Å²) in [7, 11) is -7.62. The Balaban J connectivity index is 1.40. The van der Waals surface area contributed by atoms with Gasteiger partial charge in [0.1, 0.15) is 6.07 Å². The molecule has 0 aliphatic carbocycles. The van der Waals surface area contributed by atoms with Crippen molar-refractivity contribution in [1.82, 2.24) is 14.6 Å². The molecule has 0 unspecified atom stereocenters. The fraction of sp³-hybridized carbons (Fsp3) is 0.286. The minimum atomic E-state index is -3.97. The van der Waals surface area contributed by atoms with Gasteiger partial charge in [0, 0.05) is 43.2 Å². The van der Waals surface area contributed by atoms with Crippen LogP contribution in [-0.4, -0.2) is 52.3 Å². The summed E-state index contributed by atoms with van der Waals surface area (Å²) in [6.45, 7) is 4.45. The minimum Gasteiger partial charge on any atom is -0.358 e. The molecule has 0 amide bonds. The molecule has 0 radical (unpaired) electrons. The first-order chi connectivity index (χ1) is 15.2. The monoisotopic (exact) mass is 471 g/mol. The maximum absolute atomic E-state index is 12.9. The van der Waals surface area contributed by atoms with Crippen molar-refractivity contribution in [2.24, 2.45) is 5.41 Å². The van der Waals surface area contributed by atoms with Crippen LogP contribution >= 0.6 is 0 Å². The molecular weight excluding hydrogens is 450 g/mol. The van der Waals surface area contributed by atoms with Crippen molar-refractivity contribution >= 4 is 36.6 Å². The van der Waals surface area contributed by atoms with Gasteiger partial charge >= 0.3 is 0 Å². The summed E-state index contributed by atoms with van der Waals surface area (Å²) in [5, 5.41) is 13.1.